The molecule has 4 aromatic carbocycles. The van der Waals surface area contributed by atoms with E-state index in [0.29, 0.717) is 5.06 Å². The Morgan fingerprint density at radius 3 is 1.25 bits per heavy atom. The molecule has 0 bridgehead atoms. The number of ether oxygens (including phenoxy) is 3. The summed E-state index contributed by atoms with van der Waals surface area (Å²) in [7, 11) is 0. The lowest BCUT2D eigenvalue weighted by molar-refractivity contribution is -0.199. The van der Waals surface area contributed by atoms with E-state index < -0.39 is 59.8 Å². The molecule has 3 saturated heterocycles. The zero-order valence-corrected chi connectivity index (χ0v) is 40.5. The minimum Gasteiger partial charge on any atom is -0.480 e. The molecule has 4 N–H and O–H groups in total. The maximum absolute atomic E-state index is 12.5. The molecule has 2 aliphatic carbocycles. The van der Waals surface area contributed by atoms with Gasteiger partial charge in [0, 0.05) is 50.7 Å². The van der Waals surface area contributed by atoms with Crippen molar-refractivity contribution in [3.05, 3.63) is 119 Å². The van der Waals surface area contributed by atoms with E-state index in [1.54, 1.807) is 27.7 Å². The first-order valence-corrected chi connectivity index (χ1v) is 23.5. The van der Waals surface area contributed by atoms with Gasteiger partial charge in [-0.25, -0.2) is 19.2 Å². The van der Waals surface area contributed by atoms with Gasteiger partial charge in [0.15, 0.2) is 0 Å². The minimum absolute atomic E-state index is 0.00172. The van der Waals surface area contributed by atoms with Gasteiger partial charge in [-0.05, 0) is 69.2 Å². The van der Waals surface area contributed by atoms with E-state index in [2.05, 4.69) is 29.2 Å². The van der Waals surface area contributed by atoms with E-state index in [1.807, 2.05) is 84.9 Å². The molecule has 380 valence electrons. The van der Waals surface area contributed by atoms with E-state index >= 15 is 0 Å². The van der Waals surface area contributed by atoms with Crippen LogP contribution in [0.2, 0.25) is 0 Å². The number of imide groups is 2. The van der Waals surface area contributed by atoms with Crippen molar-refractivity contribution in [1.82, 2.24) is 20.8 Å². The first-order chi connectivity index (χ1) is 35.0. The van der Waals surface area contributed by atoms with Gasteiger partial charge >= 0.3 is 24.1 Å². The van der Waals surface area contributed by atoms with Gasteiger partial charge in [-0.1, -0.05) is 125 Å². The highest BCUT2D eigenvalue weighted by molar-refractivity contribution is 6.02. The first-order valence-electron chi connectivity index (χ1n) is 24.0. The summed E-state index contributed by atoms with van der Waals surface area (Å²) < 4.78 is 21.5. The second kappa shape index (κ2) is 26.4. The number of carbonyl (C=O) groups is 8. The van der Waals surface area contributed by atoms with E-state index in [-0.39, 0.29) is 67.6 Å². The molecule has 9 rings (SSSR count). The quantitative estimate of drug-likeness (QED) is 0.0652. The van der Waals surface area contributed by atoms with Crippen LogP contribution in [0.1, 0.15) is 102 Å². The molecule has 18 nitrogen and oxygen atoms in total. The molecule has 18 heteroatoms. The van der Waals surface area contributed by atoms with Gasteiger partial charge in [-0.2, -0.15) is 5.06 Å². The third-order valence-electron chi connectivity index (χ3n) is 12.1. The Morgan fingerprint density at radius 1 is 0.625 bits per heavy atom. The second-order valence-electron chi connectivity index (χ2n) is 17.6. The first kappa shape index (κ1) is 53.5. The standard InChI is InChI=1S/C24H24N2O6.C20H21NO4.C4H5NO3.C4H8O.C2H2/c1-14(2)22(23(29)32-26-20(27)11-12-21(26)28)25-24(30)31-13-19-17-9-5-3-7-15(17)16-8-4-6-10-18(16)19;1-12(2)18(19(22)23)21-20(24)25-11-17-15-9-5-3-7-13(15)14-8-4-6-10-16(14)17;6-3-1-2-4(7)5(3)8;1-2-4-5-3-1;1-2/h3-10,14,19,22H,11-13H2,1-2H3,(H,25,30);3-10,12,17-18H,11H2,1-2H3,(H,21,24)(H,22,23);8H,1-2H2;1-4H2;1-2H/t22-;18-;;;/m00.../s1/i;;;;1D. The number of amides is 6. The molecule has 0 spiro atoms. The number of hydroxylamine groups is 4. The fraction of sp³-hybridized carbons (Fsp3) is 0.370. The molecular weight excluding hydrogens is 929 g/mol. The number of aliphatic carboxylic acids is 1. The van der Waals surface area contributed by atoms with Crippen molar-refractivity contribution in [3.8, 4) is 35.1 Å². The normalized spacial score (nSPS) is 16.0. The number of benzene rings is 4. The van der Waals surface area contributed by atoms with Crippen LogP contribution in [0.3, 0.4) is 0 Å². The van der Waals surface area contributed by atoms with Crippen LogP contribution in [-0.4, -0.2) is 107 Å². The van der Waals surface area contributed by atoms with Crippen LogP contribution in [0.5, 0.6) is 0 Å². The molecule has 0 aromatic heterocycles. The molecule has 2 atom stereocenters. The Balaban J connectivity index is 0.000000211. The number of carboxylic acids is 1. The van der Waals surface area contributed by atoms with Crippen molar-refractivity contribution in [2.24, 2.45) is 11.8 Å². The molecule has 72 heavy (non-hydrogen) atoms. The van der Waals surface area contributed by atoms with E-state index in [4.69, 9.17) is 30.7 Å². The van der Waals surface area contributed by atoms with Crippen molar-refractivity contribution in [2.75, 3.05) is 26.4 Å². The van der Waals surface area contributed by atoms with Gasteiger partial charge < -0.3 is 34.8 Å². The lowest BCUT2D eigenvalue weighted by Gasteiger charge is -2.23. The maximum atomic E-state index is 12.5. The largest absolute Gasteiger partial charge is 0.480 e. The summed E-state index contributed by atoms with van der Waals surface area (Å²) in [5, 5.41) is 23.1. The van der Waals surface area contributed by atoms with Gasteiger partial charge in [0.2, 0.25) is 0 Å². The van der Waals surface area contributed by atoms with E-state index in [1.165, 1.54) is 19.2 Å². The van der Waals surface area contributed by atoms with Crippen molar-refractivity contribution >= 4 is 47.8 Å². The van der Waals surface area contributed by atoms with E-state index in [9.17, 15) is 38.4 Å². The number of rotatable bonds is 11. The average Bonchev–Trinajstić information content (AvgIpc) is 4.23. The van der Waals surface area contributed by atoms with Crippen LogP contribution in [0.15, 0.2) is 97.1 Å². The number of terminal acetylenes is 1. The predicted molar refractivity (Wildman–Crippen MR) is 261 cm³/mol. The smallest absolute Gasteiger partial charge is 0.407 e. The number of hydrogen-bond donors (Lipinski definition) is 4. The number of nitrogens with one attached hydrogen (secondary N) is 2. The molecular formula is C54H60N4O14. The summed E-state index contributed by atoms with van der Waals surface area (Å²) >= 11 is 0. The highest BCUT2D eigenvalue weighted by Crippen LogP contribution is 2.45. The van der Waals surface area contributed by atoms with Gasteiger partial charge in [0.1, 0.15) is 26.7 Å². The number of nitrogens with zero attached hydrogens (tertiary/aromatic N) is 2. The van der Waals surface area contributed by atoms with Crippen molar-refractivity contribution < 1.29 is 69.1 Å². The van der Waals surface area contributed by atoms with Crippen molar-refractivity contribution in [3.63, 3.8) is 0 Å². The Labute approximate surface area is 419 Å². The van der Waals surface area contributed by atoms with Gasteiger partial charge in [-0.3, -0.25) is 24.4 Å². The lowest BCUT2D eigenvalue weighted by atomic mass is 9.98. The van der Waals surface area contributed by atoms with Crippen LogP contribution in [0.25, 0.3) is 22.3 Å². The van der Waals surface area contributed by atoms with Gasteiger partial charge in [0.25, 0.3) is 23.6 Å². The molecule has 3 heterocycles. The number of carboxylic acid groups (broad SMARTS) is 1. The summed E-state index contributed by atoms with van der Waals surface area (Å²) in [4.78, 5) is 97.1. The van der Waals surface area contributed by atoms with Crippen molar-refractivity contribution in [2.45, 2.75) is 90.1 Å². The third kappa shape index (κ3) is 13.9. The van der Waals surface area contributed by atoms with Crippen LogP contribution < -0.4 is 10.6 Å². The van der Waals surface area contributed by atoms with Crippen LogP contribution in [0, 0.1) is 24.7 Å². The summed E-state index contributed by atoms with van der Waals surface area (Å²) in [6.07, 6.45) is 7.13. The summed E-state index contributed by atoms with van der Waals surface area (Å²) in [5.74, 6) is -4.85. The number of hydrogen-bond acceptors (Lipinski definition) is 13. The van der Waals surface area contributed by atoms with Crippen LogP contribution in [0.4, 0.5) is 9.59 Å². The highest BCUT2D eigenvalue weighted by Gasteiger charge is 2.37. The Hall–Kier alpha value is -7.88. The molecule has 0 unspecified atom stereocenters. The highest BCUT2D eigenvalue weighted by atomic mass is 16.7. The molecule has 3 fully saturated rings. The second-order valence-corrected chi connectivity index (χ2v) is 17.6. The predicted octanol–water partition coefficient (Wildman–Crippen LogP) is 7.36. The molecule has 0 radical (unpaired) electrons. The van der Waals surface area contributed by atoms with Crippen LogP contribution >= 0.6 is 0 Å². The molecule has 0 saturated carbocycles. The zero-order valence-electron chi connectivity index (χ0n) is 41.5. The number of carbonyl (C=O) groups excluding carboxylic acids is 7. The molecule has 6 amide bonds. The molecule has 4 aromatic rings. The maximum Gasteiger partial charge on any atom is 0.407 e. The topological polar surface area (TPSA) is 244 Å². The summed E-state index contributed by atoms with van der Waals surface area (Å²) in [6, 6.07) is 30.0. The average molecular weight is 990 g/mol. The lowest BCUT2D eigenvalue weighted by Crippen LogP contribution is -2.48. The molecule has 5 aliphatic rings. The monoisotopic (exact) mass is 989 g/mol. The fourth-order valence-corrected chi connectivity index (χ4v) is 8.43. The third-order valence-corrected chi connectivity index (χ3v) is 12.1. The molecule has 3 aliphatic heterocycles. The van der Waals surface area contributed by atoms with Gasteiger partial charge in [-0.15, -0.1) is 17.9 Å². The Bertz CT molecular complexity index is 2550. The Morgan fingerprint density at radius 2 is 0.958 bits per heavy atom. The van der Waals surface area contributed by atoms with Crippen LogP contribution in [-0.2, 0) is 47.8 Å². The summed E-state index contributed by atoms with van der Waals surface area (Å²) in [5.41, 5.74) is 8.92. The number of alkyl carbamates (subject to hydrolysis) is 2. The van der Waals surface area contributed by atoms with E-state index in [0.717, 1.165) is 57.7 Å². The summed E-state index contributed by atoms with van der Waals surface area (Å²) in [6.45, 7) is 9.17. The van der Waals surface area contributed by atoms with Gasteiger partial charge in [0.05, 0.1) is 0 Å². The minimum atomic E-state index is -1.08. The Kier molecular flexibility index (Phi) is 19.6. The fourth-order valence-electron chi connectivity index (χ4n) is 8.43. The zero-order chi connectivity index (χ0) is 53.2. The number of fused-ring (bicyclic) bond motifs is 6. The van der Waals surface area contributed by atoms with Crippen molar-refractivity contribution in [1.29, 1.82) is 0 Å². The SMILES string of the molecule is C1CCOC1.CC(C)[C@H](NC(=O)OCC1c2ccccc2-c2ccccc21)C(=O)O.CC(C)[C@H](NC(=O)OCC1c2ccccc2-c2ccccc21)C(=O)ON1C(=O)CCC1=O.O=C1CCC(=O)N1O.[2H]C#C.